The number of benzene rings is 2. The summed E-state index contributed by atoms with van der Waals surface area (Å²) in [5.74, 6) is 0.0133. The minimum absolute atomic E-state index is 0.0133. The second kappa shape index (κ2) is 10.4. The van der Waals surface area contributed by atoms with E-state index in [9.17, 15) is 4.79 Å². The maximum atomic E-state index is 13.5. The van der Waals surface area contributed by atoms with Gasteiger partial charge in [0.05, 0.1) is 5.52 Å². The Morgan fingerprint density at radius 2 is 1.77 bits per heavy atom. The number of carbonyl (C=O) groups excluding carboxylic acids is 1. The van der Waals surface area contributed by atoms with Crippen molar-refractivity contribution in [1.82, 2.24) is 20.1 Å². The summed E-state index contributed by atoms with van der Waals surface area (Å²) in [6, 6.07) is 14.6. The van der Waals surface area contributed by atoms with E-state index in [-0.39, 0.29) is 5.91 Å². The van der Waals surface area contributed by atoms with Crippen molar-refractivity contribution in [2.75, 3.05) is 45.8 Å². The zero-order valence-electron chi connectivity index (χ0n) is 20.9. The number of thiophene rings is 1. The molecule has 35 heavy (non-hydrogen) atoms. The number of aryl methyl sites for hydroxylation is 2. The summed E-state index contributed by atoms with van der Waals surface area (Å²) >= 11 is 1.59. The fourth-order valence-corrected chi connectivity index (χ4v) is 6.18. The molecule has 4 aromatic rings. The molecule has 5 nitrogen and oxygen atoms in total. The van der Waals surface area contributed by atoms with Crippen molar-refractivity contribution >= 4 is 38.2 Å². The highest BCUT2D eigenvalue weighted by atomic mass is 32.1. The number of hydrogen-bond acceptors (Lipinski definition) is 5. The Morgan fingerprint density at radius 3 is 2.54 bits per heavy atom. The lowest BCUT2D eigenvalue weighted by molar-refractivity contribution is 0.0953. The Kier molecular flexibility index (Phi) is 7.14. The number of carbonyl (C=O) groups is 1. The topological polar surface area (TPSA) is 48.5 Å². The van der Waals surface area contributed by atoms with Gasteiger partial charge in [0.15, 0.2) is 0 Å². The molecule has 1 aliphatic heterocycles. The molecule has 1 N–H and O–H groups in total. The maximum absolute atomic E-state index is 13.5. The van der Waals surface area contributed by atoms with E-state index in [0.29, 0.717) is 6.54 Å². The second-order valence-electron chi connectivity index (χ2n) is 9.51. The average molecular weight is 487 g/mol. The number of nitrogens with one attached hydrogen (secondary N) is 1. The van der Waals surface area contributed by atoms with Gasteiger partial charge in [-0.2, -0.15) is 0 Å². The van der Waals surface area contributed by atoms with Crippen LogP contribution in [0.15, 0.2) is 48.7 Å². The SMILES string of the molecule is CCN1CCN(CCCNC(=O)c2sc3c(cnc4ccccc43)c2-c2ccc(C)c(C)c2)CC1. The molecule has 1 saturated heterocycles. The van der Waals surface area contributed by atoms with Crippen molar-refractivity contribution in [1.29, 1.82) is 0 Å². The third kappa shape index (κ3) is 4.96. The molecule has 1 fully saturated rings. The molecule has 0 saturated carbocycles. The van der Waals surface area contributed by atoms with Crippen molar-refractivity contribution < 1.29 is 4.79 Å². The third-order valence-corrected chi connectivity index (χ3v) is 8.51. The Morgan fingerprint density at radius 1 is 1.00 bits per heavy atom. The predicted molar refractivity (Wildman–Crippen MR) is 148 cm³/mol. The van der Waals surface area contributed by atoms with Gasteiger partial charge >= 0.3 is 0 Å². The second-order valence-corrected chi connectivity index (χ2v) is 10.5. The van der Waals surface area contributed by atoms with Crippen LogP contribution in [0.2, 0.25) is 0 Å². The van der Waals surface area contributed by atoms with Gasteiger partial charge in [0.2, 0.25) is 0 Å². The fraction of sp³-hybridized carbons (Fsp3) is 0.379. The van der Waals surface area contributed by atoms with E-state index in [1.54, 1.807) is 11.3 Å². The number of pyridine rings is 1. The number of nitrogens with zero attached hydrogens (tertiary/aromatic N) is 3. The molecule has 1 aliphatic rings. The predicted octanol–water partition coefficient (Wildman–Crippen LogP) is 5.49. The molecule has 0 aliphatic carbocycles. The molecule has 182 valence electrons. The summed E-state index contributed by atoms with van der Waals surface area (Å²) in [4.78, 5) is 24.0. The molecule has 0 unspecified atom stereocenters. The Balaban J connectivity index is 1.39. The smallest absolute Gasteiger partial charge is 0.262 e. The fourth-order valence-electron chi connectivity index (χ4n) is 4.94. The molecule has 2 aromatic heterocycles. The quantitative estimate of drug-likeness (QED) is 0.351. The Hall–Kier alpha value is -2.80. The molecular weight excluding hydrogens is 452 g/mol. The van der Waals surface area contributed by atoms with E-state index in [2.05, 4.69) is 60.2 Å². The summed E-state index contributed by atoms with van der Waals surface area (Å²) in [5.41, 5.74) is 5.52. The molecule has 6 heteroatoms. The standard InChI is InChI=1S/C29H34N4OS/c1-4-32-14-16-33(17-15-32)13-7-12-30-29(34)28-26(22-11-10-20(2)21(3)18-22)24-19-31-25-9-6-5-8-23(25)27(24)35-28/h5-6,8-11,18-19H,4,7,12-17H2,1-3H3,(H,30,34). The van der Waals surface area contributed by atoms with Crippen molar-refractivity contribution in [2.24, 2.45) is 0 Å². The van der Waals surface area contributed by atoms with Crippen molar-refractivity contribution in [3.8, 4) is 11.1 Å². The van der Waals surface area contributed by atoms with Gasteiger partial charge in [0, 0.05) is 60.0 Å². The summed E-state index contributed by atoms with van der Waals surface area (Å²) in [7, 11) is 0. The van der Waals surface area contributed by atoms with E-state index in [0.717, 1.165) is 82.7 Å². The monoisotopic (exact) mass is 486 g/mol. The molecule has 0 radical (unpaired) electrons. The number of likely N-dealkylation sites (N-methyl/N-ethyl adjacent to an activating group) is 1. The minimum atomic E-state index is 0.0133. The zero-order valence-corrected chi connectivity index (χ0v) is 21.8. The highest BCUT2D eigenvalue weighted by molar-refractivity contribution is 7.22. The zero-order chi connectivity index (χ0) is 24.4. The number of fused-ring (bicyclic) bond motifs is 3. The Labute approximate surface area is 211 Å². The van der Waals surface area contributed by atoms with Gasteiger partial charge in [-0.1, -0.05) is 43.3 Å². The van der Waals surface area contributed by atoms with Crippen molar-refractivity contribution in [2.45, 2.75) is 27.2 Å². The highest BCUT2D eigenvalue weighted by Crippen LogP contribution is 2.41. The highest BCUT2D eigenvalue weighted by Gasteiger charge is 2.22. The van der Waals surface area contributed by atoms with Crippen LogP contribution in [0.1, 0.15) is 34.1 Å². The molecule has 1 amide bonds. The van der Waals surface area contributed by atoms with Crippen LogP contribution in [-0.4, -0.2) is 66.5 Å². The minimum Gasteiger partial charge on any atom is -0.351 e. The van der Waals surface area contributed by atoms with Gasteiger partial charge in [-0.15, -0.1) is 11.3 Å². The van der Waals surface area contributed by atoms with Gasteiger partial charge in [0.1, 0.15) is 4.88 Å². The lowest BCUT2D eigenvalue weighted by Gasteiger charge is -2.33. The van der Waals surface area contributed by atoms with E-state index in [1.165, 1.54) is 11.1 Å². The first kappa shape index (κ1) is 23.9. The first-order chi connectivity index (χ1) is 17.0. The van der Waals surface area contributed by atoms with Crippen LogP contribution in [0.3, 0.4) is 0 Å². The van der Waals surface area contributed by atoms with E-state index in [1.807, 2.05) is 24.4 Å². The largest absolute Gasteiger partial charge is 0.351 e. The molecule has 3 heterocycles. The van der Waals surface area contributed by atoms with E-state index < -0.39 is 0 Å². The summed E-state index contributed by atoms with van der Waals surface area (Å²) < 4.78 is 1.13. The van der Waals surface area contributed by atoms with Gasteiger partial charge in [-0.3, -0.25) is 9.78 Å². The van der Waals surface area contributed by atoms with Crippen LogP contribution in [-0.2, 0) is 0 Å². The van der Waals surface area contributed by atoms with Gasteiger partial charge in [0.25, 0.3) is 5.91 Å². The van der Waals surface area contributed by atoms with Crippen LogP contribution in [0.5, 0.6) is 0 Å². The van der Waals surface area contributed by atoms with E-state index >= 15 is 0 Å². The first-order valence-electron chi connectivity index (χ1n) is 12.7. The van der Waals surface area contributed by atoms with Crippen molar-refractivity contribution in [3.63, 3.8) is 0 Å². The van der Waals surface area contributed by atoms with Gasteiger partial charge < -0.3 is 15.1 Å². The number of para-hydroxylation sites is 1. The lowest BCUT2D eigenvalue weighted by atomic mass is 9.98. The van der Waals surface area contributed by atoms with Crippen LogP contribution >= 0.6 is 11.3 Å². The summed E-state index contributed by atoms with van der Waals surface area (Å²) in [6.45, 7) is 13.9. The van der Waals surface area contributed by atoms with Crippen LogP contribution in [0, 0.1) is 13.8 Å². The molecule has 0 spiro atoms. The van der Waals surface area contributed by atoms with Crippen LogP contribution in [0.4, 0.5) is 0 Å². The number of amides is 1. The first-order valence-corrected chi connectivity index (χ1v) is 13.5. The molecule has 0 atom stereocenters. The lowest BCUT2D eigenvalue weighted by Crippen LogP contribution is -2.46. The maximum Gasteiger partial charge on any atom is 0.262 e. The number of piperazine rings is 1. The number of rotatable bonds is 7. The summed E-state index contributed by atoms with van der Waals surface area (Å²) in [6.07, 6.45) is 2.90. The van der Waals surface area contributed by atoms with Gasteiger partial charge in [-0.05, 0) is 56.1 Å². The Bertz CT molecular complexity index is 1350. The number of aromatic nitrogens is 1. The summed E-state index contributed by atoms with van der Waals surface area (Å²) in [5, 5.41) is 5.37. The molecule has 2 aromatic carbocycles. The molecular formula is C29H34N4OS. The van der Waals surface area contributed by atoms with Crippen molar-refractivity contribution in [3.05, 3.63) is 64.7 Å². The number of hydrogen-bond donors (Lipinski definition) is 1. The van der Waals surface area contributed by atoms with Crippen LogP contribution in [0.25, 0.3) is 32.1 Å². The average Bonchev–Trinajstić information content (AvgIpc) is 3.29. The van der Waals surface area contributed by atoms with E-state index in [4.69, 9.17) is 4.98 Å². The third-order valence-electron chi connectivity index (χ3n) is 7.28. The molecule has 5 rings (SSSR count). The van der Waals surface area contributed by atoms with Gasteiger partial charge in [-0.25, -0.2) is 0 Å². The van der Waals surface area contributed by atoms with Crippen LogP contribution < -0.4 is 5.32 Å². The normalized spacial score (nSPS) is 15.2. The molecule has 0 bridgehead atoms.